The number of hydrogen-bond donors (Lipinski definition) is 3. The molecule has 7 heteroatoms. The number of hydrogen-bond acceptors (Lipinski definition) is 5. The van der Waals surface area contributed by atoms with Crippen molar-refractivity contribution in [3.63, 3.8) is 0 Å². The molecule has 27 heavy (non-hydrogen) atoms. The van der Waals surface area contributed by atoms with E-state index in [1.54, 1.807) is 13.8 Å². The molecule has 1 aromatic carbocycles. The first-order chi connectivity index (χ1) is 12.9. The summed E-state index contributed by atoms with van der Waals surface area (Å²) < 4.78 is 5.62. The molecule has 0 radical (unpaired) electrons. The predicted molar refractivity (Wildman–Crippen MR) is 105 cm³/mol. The third-order valence-corrected chi connectivity index (χ3v) is 4.56. The molecule has 0 fully saturated rings. The number of aromatic amines is 1. The summed E-state index contributed by atoms with van der Waals surface area (Å²) in [5, 5.41) is 13.3. The zero-order valence-electron chi connectivity index (χ0n) is 15.9. The van der Waals surface area contributed by atoms with Crippen molar-refractivity contribution in [3.05, 3.63) is 57.7 Å². The lowest BCUT2D eigenvalue weighted by atomic mass is 9.96. The van der Waals surface area contributed by atoms with Gasteiger partial charge in [0.05, 0.1) is 17.6 Å². The van der Waals surface area contributed by atoms with Gasteiger partial charge in [0.25, 0.3) is 5.56 Å². The molecule has 1 unspecified atom stereocenters. The minimum atomic E-state index is -0.389. The molecule has 3 rings (SSSR count). The van der Waals surface area contributed by atoms with Gasteiger partial charge in [0, 0.05) is 6.04 Å². The number of fused-ring (bicyclic) bond motifs is 1. The quantitative estimate of drug-likeness (QED) is 0.621. The number of rotatable bonds is 6. The molecule has 2 aromatic heterocycles. The topological polar surface area (TPSA) is 100 Å². The van der Waals surface area contributed by atoms with Gasteiger partial charge in [-0.1, -0.05) is 44.2 Å². The molecule has 0 bridgehead atoms. The summed E-state index contributed by atoms with van der Waals surface area (Å²) in [7, 11) is 0. The third kappa shape index (κ3) is 3.93. The summed E-state index contributed by atoms with van der Waals surface area (Å²) in [6.07, 6.45) is 0. The van der Waals surface area contributed by atoms with Crippen molar-refractivity contribution in [2.24, 2.45) is 5.92 Å². The van der Waals surface area contributed by atoms with Crippen LogP contribution < -0.4 is 16.2 Å². The Morgan fingerprint density at radius 3 is 2.56 bits per heavy atom. The van der Waals surface area contributed by atoms with Crippen molar-refractivity contribution in [3.8, 4) is 0 Å². The third-order valence-electron chi connectivity index (χ3n) is 4.56. The Morgan fingerprint density at radius 2 is 1.89 bits per heavy atom. The highest BCUT2D eigenvalue weighted by Crippen LogP contribution is 2.28. The van der Waals surface area contributed by atoms with Crippen molar-refractivity contribution in [1.29, 1.82) is 0 Å². The summed E-state index contributed by atoms with van der Waals surface area (Å²) in [4.78, 5) is 24.6. The molecule has 1 amide bonds. The Labute approximate surface area is 157 Å². The SMILES string of the molecule is Cc1n[nH]c(=O)c2c(NC(=O)CNC(c3ccccc3)C(C)C)oc(C)c12. The lowest BCUT2D eigenvalue weighted by Gasteiger charge is -2.22. The summed E-state index contributed by atoms with van der Waals surface area (Å²) in [5.41, 5.74) is 1.38. The molecule has 0 aliphatic rings. The van der Waals surface area contributed by atoms with E-state index in [1.165, 1.54) is 0 Å². The van der Waals surface area contributed by atoms with E-state index in [2.05, 4.69) is 34.7 Å². The van der Waals surface area contributed by atoms with Crippen LogP contribution in [0.4, 0.5) is 5.88 Å². The van der Waals surface area contributed by atoms with Crippen LogP contribution in [-0.2, 0) is 4.79 Å². The lowest BCUT2D eigenvalue weighted by molar-refractivity contribution is -0.115. The van der Waals surface area contributed by atoms with E-state index in [-0.39, 0.29) is 29.9 Å². The number of aryl methyl sites for hydroxylation is 2. The van der Waals surface area contributed by atoms with Crippen LogP contribution in [0.2, 0.25) is 0 Å². The van der Waals surface area contributed by atoms with Crippen LogP contribution in [0.1, 0.15) is 36.9 Å². The number of anilines is 1. The smallest absolute Gasteiger partial charge is 0.277 e. The number of furan rings is 1. The second-order valence-electron chi connectivity index (χ2n) is 6.94. The average molecular weight is 368 g/mol. The van der Waals surface area contributed by atoms with Gasteiger partial charge >= 0.3 is 0 Å². The second-order valence-corrected chi connectivity index (χ2v) is 6.94. The van der Waals surface area contributed by atoms with E-state index in [9.17, 15) is 9.59 Å². The molecule has 3 aromatic rings. The number of carbonyl (C=O) groups excluding carboxylic acids is 1. The minimum absolute atomic E-state index is 0.0434. The molecule has 3 N–H and O–H groups in total. The average Bonchev–Trinajstić information content (AvgIpc) is 2.96. The van der Waals surface area contributed by atoms with Gasteiger partial charge in [-0.15, -0.1) is 0 Å². The standard InChI is InChI=1S/C20H24N4O3/c1-11(2)18(14-8-6-5-7-9-14)21-10-15(25)22-20-17-16(13(4)27-20)12(3)23-24-19(17)26/h5-9,11,18,21H,10H2,1-4H3,(H,22,25)(H,24,26). The van der Waals surface area contributed by atoms with E-state index >= 15 is 0 Å². The molecule has 0 aliphatic heterocycles. The van der Waals surface area contributed by atoms with Crippen LogP contribution in [0.5, 0.6) is 0 Å². The number of aromatic nitrogens is 2. The molecular weight excluding hydrogens is 344 g/mol. The van der Waals surface area contributed by atoms with Gasteiger partial charge in [-0.3, -0.25) is 14.9 Å². The largest absolute Gasteiger partial charge is 0.444 e. The number of amides is 1. The van der Waals surface area contributed by atoms with E-state index < -0.39 is 0 Å². The van der Waals surface area contributed by atoms with Gasteiger partial charge in [0.15, 0.2) is 0 Å². The van der Waals surface area contributed by atoms with E-state index in [0.717, 1.165) is 5.56 Å². The van der Waals surface area contributed by atoms with Gasteiger partial charge in [-0.25, -0.2) is 5.10 Å². The maximum atomic E-state index is 12.5. The summed E-state index contributed by atoms with van der Waals surface area (Å²) in [6.45, 7) is 7.82. The first kappa shape index (κ1) is 18.8. The van der Waals surface area contributed by atoms with E-state index in [0.29, 0.717) is 28.1 Å². The van der Waals surface area contributed by atoms with Gasteiger partial charge in [-0.05, 0) is 25.3 Å². The number of benzene rings is 1. The van der Waals surface area contributed by atoms with Crippen molar-refractivity contribution in [1.82, 2.24) is 15.5 Å². The highest BCUT2D eigenvalue weighted by molar-refractivity contribution is 6.01. The molecule has 1 atom stereocenters. The Bertz CT molecular complexity index is 1010. The number of nitrogens with zero attached hydrogens (tertiary/aromatic N) is 1. The van der Waals surface area contributed by atoms with Gasteiger partial charge in [0.2, 0.25) is 11.8 Å². The van der Waals surface area contributed by atoms with Crippen molar-refractivity contribution < 1.29 is 9.21 Å². The molecule has 0 saturated heterocycles. The molecule has 0 spiro atoms. The normalized spacial score (nSPS) is 12.5. The first-order valence-electron chi connectivity index (χ1n) is 8.95. The van der Waals surface area contributed by atoms with Gasteiger partial charge in [-0.2, -0.15) is 5.10 Å². The second kappa shape index (κ2) is 7.75. The fraction of sp³-hybridized carbons (Fsp3) is 0.350. The zero-order valence-corrected chi connectivity index (χ0v) is 15.9. The molecule has 7 nitrogen and oxygen atoms in total. The fourth-order valence-electron chi connectivity index (χ4n) is 3.30. The Balaban J connectivity index is 1.76. The summed E-state index contributed by atoms with van der Waals surface area (Å²) in [5.74, 6) is 0.736. The number of nitrogens with one attached hydrogen (secondary N) is 3. The van der Waals surface area contributed by atoms with E-state index in [1.807, 2.05) is 30.3 Å². The minimum Gasteiger partial charge on any atom is -0.444 e. The van der Waals surface area contributed by atoms with Crippen molar-refractivity contribution in [2.75, 3.05) is 11.9 Å². The monoisotopic (exact) mass is 368 g/mol. The molecule has 0 saturated carbocycles. The Kier molecular flexibility index (Phi) is 5.41. The summed E-state index contributed by atoms with van der Waals surface area (Å²) in [6, 6.07) is 10.0. The van der Waals surface area contributed by atoms with Crippen molar-refractivity contribution in [2.45, 2.75) is 33.7 Å². The maximum absolute atomic E-state index is 12.5. The van der Waals surface area contributed by atoms with Gasteiger partial charge in [0.1, 0.15) is 11.1 Å². The Morgan fingerprint density at radius 1 is 1.19 bits per heavy atom. The van der Waals surface area contributed by atoms with Crippen LogP contribution in [0.15, 0.2) is 39.5 Å². The van der Waals surface area contributed by atoms with Crippen molar-refractivity contribution >= 4 is 22.6 Å². The van der Waals surface area contributed by atoms with Gasteiger partial charge < -0.3 is 9.73 Å². The molecule has 2 heterocycles. The summed E-state index contributed by atoms with van der Waals surface area (Å²) >= 11 is 0. The first-order valence-corrected chi connectivity index (χ1v) is 8.95. The lowest BCUT2D eigenvalue weighted by Crippen LogP contribution is -2.33. The number of carbonyl (C=O) groups is 1. The van der Waals surface area contributed by atoms with Crippen LogP contribution in [0.3, 0.4) is 0 Å². The van der Waals surface area contributed by atoms with Crippen LogP contribution in [-0.4, -0.2) is 22.6 Å². The van der Waals surface area contributed by atoms with Crippen LogP contribution in [0.25, 0.3) is 10.8 Å². The zero-order chi connectivity index (χ0) is 19.6. The maximum Gasteiger partial charge on any atom is 0.277 e. The highest BCUT2D eigenvalue weighted by Gasteiger charge is 2.20. The molecular formula is C20H24N4O3. The number of H-pyrrole nitrogens is 1. The fourth-order valence-corrected chi connectivity index (χ4v) is 3.30. The van der Waals surface area contributed by atoms with Crippen LogP contribution in [0, 0.1) is 19.8 Å². The molecule has 142 valence electrons. The Hall–Kier alpha value is -2.93. The predicted octanol–water partition coefficient (Wildman–Crippen LogP) is 3.06. The van der Waals surface area contributed by atoms with E-state index in [4.69, 9.17) is 4.42 Å². The highest BCUT2D eigenvalue weighted by atomic mass is 16.4. The molecule has 0 aliphatic carbocycles. The van der Waals surface area contributed by atoms with Crippen LogP contribution >= 0.6 is 0 Å².